The van der Waals surface area contributed by atoms with Crippen molar-refractivity contribution in [2.75, 3.05) is 14.2 Å². The van der Waals surface area contributed by atoms with Crippen molar-refractivity contribution < 1.29 is 28.8 Å². The molecule has 1 saturated carbocycles. The van der Waals surface area contributed by atoms with Crippen molar-refractivity contribution in [1.29, 1.82) is 0 Å². The van der Waals surface area contributed by atoms with Crippen molar-refractivity contribution >= 4 is 0 Å². The lowest BCUT2D eigenvalue weighted by molar-refractivity contribution is -0.134. The van der Waals surface area contributed by atoms with Gasteiger partial charge in [-0.15, -0.1) is 6.58 Å². The summed E-state index contributed by atoms with van der Waals surface area (Å²) in [6.07, 6.45) is -0.579. The first kappa shape index (κ1) is 25.9. The van der Waals surface area contributed by atoms with Crippen LogP contribution in [0.4, 0.5) is 0 Å². The first-order valence-corrected chi connectivity index (χ1v) is 12.1. The molecule has 6 heteroatoms. The van der Waals surface area contributed by atoms with Crippen LogP contribution < -0.4 is 9.47 Å². The van der Waals surface area contributed by atoms with E-state index in [2.05, 4.69) is 6.58 Å². The van der Waals surface area contributed by atoms with Gasteiger partial charge in [0.1, 0.15) is 23.7 Å². The Balaban J connectivity index is 1.51. The third-order valence-electron chi connectivity index (χ3n) is 6.52. The molecule has 3 aromatic carbocycles. The molecule has 1 aliphatic carbocycles. The number of hydrogen-bond acceptors (Lipinski definition) is 6. The normalized spacial score (nSPS) is 23.4. The standard InChI is InChI=1S/C30H34O6/c1-4-26-27(31)29(35-18-21-8-6-5-7-9-21)30(36-20-23-12-16-25(33-3)17-13-23)28(26)34-19-22-10-14-24(32-2)15-11-22/h4-17,26-31H,1,18-20H2,2-3H3/t26-,27+,28-,29+,30+/m1/s1. The predicted octanol–water partition coefficient (Wildman–Crippen LogP) is 4.94. The van der Waals surface area contributed by atoms with E-state index in [4.69, 9.17) is 23.7 Å². The highest BCUT2D eigenvalue weighted by Gasteiger charge is 2.51. The summed E-state index contributed by atoms with van der Waals surface area (Å²) < 4.78 is 29.5. The fraction of sp³-hybridized carbons (Fsp3) is 0.333. The number of methoxy groups -OCH3 is 2. The highest BCUT2D eigenvalue weighted by Crippen LogP contribution is 2.36. The lowest BCUT2D eigenvalue weighted by atomic mass is 10.0. The number of hydrogen-bond donors (Lipinski definition) is 1. The minimum Gasteiger partial charge on any atom is -0.497 e. The first-order valence-electron chi connectivity index (χ1n) is 12.1. The zero-order chi connectivity index (χ0) is 25.3. The molecule has 0 spiro atoms. The second-order valence-corrected chi connectivity index (χ2v) is 8.81. The maximum Gasteiger partial charge on any atom is 0.118 e. The molecule has 0 bridgehead atoms. The van der Waals surface area contributed by atoms with Gasteiger partial charge >= 0.3 is 0 Å². The van der Waals surface area contributed by atoms with Crippen molar-refractivity contribution in [2.24, 2.45) is 5.92 Å². The van der Waals surface area contributed by atoms with Gasteiger partial charge in [-0.2, -0.15) is 0 Å². The summed E-state index contributed by atoms with van der Waals surface area (Å²) in [5.41, 5.74) is 3.01. The Morgan fingerprint density at radius 3 is 1.56 bits per heavy atom. The van der Waals surface area contributed by atoms with Crippen LogP contribution in [0.5, 0.6) is 11.5 Å². The largest absolute Gasteiger partial charge is 0.497 e. The molecule has 0 aromatic heterocycles. The van der Waals surface area contributed by atoms with Crippen LogP contribution in [-0.2, 0) is 34.0 Å². The van der Waals surface area contributed by atoms with E-state index in [9.17, 15) is 5.11 Å². The van der Waals surface area contributed by atoms with E-state index < -0.39 is 24.4 Å². The quantitative estimate of drug-likeness (QED) is 0.363. The van der Waals surface area contributed by atoms with Gasteiger partial charge in [-0.05, 0) is 41.0 Å². The number of ether oxygens (including phenoxy) is 5. The minimum atomic E-state index is -0.812. The van der Waals surface area contributed by atoms with Crippen LogP contribution in [0.1, 0.15) is 16.7 Å². The Hall–Kier alpha value is -3.16. The Labute approximate surface area is 213 Å². The zero-order valence-corrected chi connectivity index (χ0v) is 20.8. The van der Waals surface area contributed by atoms with Crippen molar-refractivity contribution in [1.82, 2.24) is 0 Å². The minimum absolute atomic E-state index is 0.343. The molecule has 5 atom stereocenters. The van der Waals surface area contributed by atoms with Crippen LogP contribution in [-0.4, -0.2) is 43.7 Å². The van der Waals surface area contributed by atoms with Crippen LogP contribution in [0.25, 0.3) is 0 Å². The summed E-state index contributed by atoms with van der Waals surface area (Å²) in [4.78, 5) is 0. The molecule has 0 unspecified atom stereocenters. The van der Waals surface area contributed by atoms with Crippen molar-refractivity contribution in [3.8, 4) is 11.5 Å². The van der Waals surface area contributed by atoms with Gasteiger partial charge in [0.05, 0.1) is 46.2 Å². The summed E-state index contributed by atoms with van der Waals surface area (Å²) in [6, 6.07) is 25.3. The van der Waals surface area contributed by atoms with Crippen LogP contribution in [0.3, 0.4) is 0 Å². The SMILES string of the molecule is C=C[C@@H]1[C@H](O)[C@H](OCc2ccccc2)[C@@H](OCc2ccc(OC)cc2)[C@@H]1OCc1ccc(OC)cc1. The topological polar surface area (TPSA) is 66.4 Å². The van der Waals surface area contributed by atoms with Gasteiger partial charge in [0.15, 0.2) is 0 Å². The van der Waals surface area contributed by atoms with Gasteiger partial charge in [0.2, 0.25) is 0 Å². The fourth-order valence-electron chi connectivity index (χ4n) is 4.47. The molecule has 0 amide bonds. The highest BCUT2D eigenvalue weighted by molar-refractivity contribution is 5.27. The van der Waals surface area contributed by atoms with Gasteiger partial charge in [0.25, 0.3) is 0 Å². The molecule has 3 aromatic rings. The maximum atomic E-state index is 11.2. The lowest BCUT2D eigenvalue weighted by Crippen LogP contribution is -2.38. The summed E-state index contributed by atoms with van der Waals surface area (Å²) in [7, 11) is 3.28. The van der Waals surface area contributed by atoms with Crippen molar-refractivity contribution in [3.63, 3.8) is 0 Å². The van der Waals surface area contributed by atoms with Crippen molar-refractivity contribution in [2.45, 2.75) is 44.2 Å². The van der Waals surface area contributed by atoms with Gasteiger partial charge in [0, 0.05) is 5.92 Å². The zero-order valence-electron chi connectivity index (χ0n) is 20.8. The summed E-state index contributed by atoms with van der Waals surface area (Å²) in [6.45, 7) is 5.03. The van der Waals surface area contributed by atoms with Crippen LogP contribution >= 0.6 is 0 Å². The van der Waals surface area contributed by atoms with E-state index in [0.29, 0.717) is 19.8 Å². The Morgan fingerprint density at radius 2 is 1.08 bits per heavy atom. The highest BCUT2D eigenvalue weighted by atomic mass is 16.6. The summed E-state index contributed by atoms with van der Waals surface area (Å²) in [5, 5.41) is 11.2. The molecule has 0 saturated heterocycles. The van der Waals surface area contributed by atoms with Gasteiger partial charge in [-0.25, -0.2) is 0 Å². The van der Waals surface area contributed by atoms with Crippen LogP contribution in [0.2, 0.25) is 0 Å². The number of rotatable bonds is 12. The van der Waals surface area contributed by atoms with E-state index >= 15 is 0 Å². The second-order valence-electron chi connectivity index (χ2n) is 8.81. The third-order valence-corrected chi connectivity index (χ3v) is 6.52. The predicted molar refractivity (Wildman–Crippen MR) is 138 cm³/mol. The van der Waals surface area contributed by atoms with Gasteiger partial charge in [-0.1, -0.05) is 60.7 Å². The molecule has 190 valence electrons. The number of benzene rings is 3. The summed E-state index contributed by atoms with van der Waals surface area (Å²) >= 11 is 0. The van der Waals surface area contributed by atoms with E-state index in [1.54, 1.807) is 20.3 Å². The Bertz CT molecular complexity index is 1070. The molecule has 1 aliphatic rings. The molecule has 6 nitrogen and oxygen atoms in total. The third kappa shape index (κ3) is 6.33. The molecular weight excluding hydrogens is 456 g/mol. The average molecular weight is 491 g/mol. The van der Waals surface area contributed by atoms with E-state index in [-0.39, 0.29) is 5.92 Å². The van der Waals surface area contributed by atoms with E-state index in [1.165, 1.54) is 0 Å². The van der Waals surface area contributed by atoms with E-state index in [1.807, 2.05) is 78.9 Å². The monoisotopic (exact) mass is 490 g/mol. The Kier molecular flexibility index (Phi) is 9.14. The average Bonchev–Trinajstić information content (AvgIpc) is 3.19. The van der Waals surface area contributed by atoms with E-state index in [0.717, 1.165) is 28.2 Å². The molecule has 4 rings (SSSR count). The number of aliphatic hydroxyl groups is 1. The molecular formula is C30H34O6. The molecule has 0 radical (unpaired) electrons. The second kappa shape index (κ2) is 12.7. The molecule has 36 heavy (non-hydrogen) atoms. The van der Waals surface area contributed by atoms with Gasteiger partial charge in [-0.3, -0.25) is 0 Å². The smallest absolute Gasteiger partial charge is 0.118 e. The van der Waals surface area contributed by atoms with Crippen molar-refractivity contribution in [3.05, 3.63) is 108 Å². The molecule has 0 aliphatic heterocycles. The van der Waals surface area contributed by atoms with Gasteiger partial charge < -0.3 is 28.8 Å². The molecule has 1 fully saturated rings. The van der Waals surface area contributed by atoms with Crippen LogP contribution in [0.15, 0.2) is 91.5 Å². The molecule has 0 heterocycles. The van der Waals surface area contributed by atoms with Crippen LogP contribution in [0, 0.1) is 5.92 Å². The Morgan fingerprint density at radius 1 is 0.639 bits per heavy atom. The summed E-state index contributed by atoms with van der Waals surface area (Å²) in [5.74, 6) is 1.23. The maximum absolute atomic E-state index is 11.2. The fourth-order valence-corrected chi connectivity index (χ4v) is 4.47. The molecule has 1 N–H and O–H groups in total. The lowest BCUT2D eigenvalue weighted by Gasteiger charge is -2.27. The number of aliphatic hydroxyl groups excluding tert-OH is 1. The first-order chi connectivity index (χ1) is 17.6.